The Morgan fingerprint density at radius 1 is 1.36 bits per heavy atom. The van der Waals surface area contributed by atoms with Crippen molar-refractivity contribution in [3.8, 4) is 11.8 Å². The van der Waals surface area contributed by atoms with Gasteiger partial charge < -0.3 is 5.32 Å². The average Bonchev–Trinajstić information content (AvgIpc) is 3.26. The van der Waals surface area contributed by atoms with Gasteiger partial charge in [0.2, 0.25) is 0 Å². The van der Waals surface area contributed by atoms with Gasteiger partial charge in [0.15, 0.2) is 5.82 Å². The second-order valence-electron chi connectivity index (χ2n) is 6.21. The van der Waals surface area contributed by atoms with Crippen LogP contribution >= 0.6 is 0 Å². The summed E-state index contributed by atoms with van der Waals surface area (Å²) >= 11 is 0. The quantitative estimate of drug-likeness (QED) is 0.872. The molecule has 2 N–H and O–H groups in total. The Labute approximate surface area is 145 Å². The van der Waals surface area contributed by atoms with Crippen molar-refractivity contribution in [3.05, 3.63) is 41.8 Å². The van der Waals surface area contributed by atoms with Crippen LogP contribution in [0.4, 0.5) is 15.0 Å². The molecule has 0 atom stereocenters. The summed E-state index contributed by atoms with van der Waals surface area (Å²) in [5.41, 5.74) is 0.246. The molecule has 1 aliphatic carbocycles. The van der Waals surface area contributed by atoms with Crippen LogP contribution in [0.25, 0.3) is 5.69 Å². The number of nitrogens with one attached hydrogen (secondary N) is 2. The van der Waals surface area contributed by atoms with Crippen molar-refractivity contribution in [1.29, 1.82) is 5.26 Å². The summed E-state index contributed by atoms with van der Waals surface area (Å²) in [6.45, 7) is 0.639. The summed E-state index contributed by atoms with van der Waals surface area (Å²) in [4.78, 5) is 11.9. The minimum Gasteiger partial charge on any atom is -0.338 e. The number of amides is 2. The third-order valence-electron chi connectivity index (χ3n) is 4.49. The van der Waals surface area contributed by atoms with Gasteiger partial charge in [-0.25, -0.2) is 13.9 Å². The van der Waals surface area contributed by atoms with Crippen LogP contribution in [-0.2, 0) is 0 Å². The topological polar surface area (TPSA) is 82.7 Å². The van der Waals surface area contributed by atoms with Gasteiger partial charge in [-0.15, -0.1) is 5.10 Å². The average molecular weight is 341 g/mol. The first-order valence-corrected chi connectivity index (χ1v) is 8.47. The molecule has 1 aliphatic rings. The summed E-state index contributed by atoms with van der Waals surface area (Å²) < 4.78 is 15.0. The fourth-order valence-electron chi connectivity index (χ4n) is 3.19. The van der Waals surface area contributed by atoms with E-state index in [1.165, 1.54) is 42.5 Å². The van der Waals surface area contributed by atoms with Crippen LogP contribution in [-0.4, -0.2) is 22.4 Å². The molecule has 2 aromatic rings. The number of carbonyl (C=O) groups is 1. The summed E-state index contributed by atoms with van der Waals surface area (Å²) in [7, 11) is 0. The third kappa shape index (κ3) is 4.15. The predicted molar refractivity (Wildman–Crippen MR) is 91.8 cm³/mol. The summed E-state index contributed by atoms with van der Waals surface area (Å²) in [5, 5.41) is 18.7. The van der Waals surface area contributed by atoms with Crippen molar-refractivity contribution in [1.82, 2.24) is 15.1 Å². The highest BCUT2D eigenvalue weighted by Gasteiger charge is 2.15. The number of carbonyl (C=O) groups excluding carboxylic acids is 1. The molecule has 0 unspecified atom stereocenters. The van der Waals surface area contributed by atoms with Gasteiger partial charge in [-0.1, -0.05) is 31.7 Å². The summed E-state index contributed by atoms with van der Waals surface area (Å²) in [6, 6.07) is 7.45. The number of aromatic nitrogens is 2. The summed E-state index contributed by atoms with van der Waals surface area (Å²) in [6.07, 6.45) is 7.66. The monoisotopic (exact) mass is 341 g/mol. The molecule has 7 heteroatoms. The predicted octanol–water partition coefficient (Wildman–Crippen LogP) is 3.58. The molecule has 1 aromatic carbocycles. The van der Waals surface area contributed by atoms with Crippen LogP contribution in [0.1, 0.15) is 37.7 Å². The van der Waals surface area contributed by atoms with Crippen LogP contribution in [0.15, 0.2) is 30.5 Å². The Morgan fingerprint density at radius 3 is 2.92 bits per heavy atom. The van der Waals surface area contributed by atoms with Crippen LogP contribution in [0.3, 0.4) is 0 Å². The molecule has 1 heterocycles. The number of rotatable bonds is 5. The molecule has 6 nitrogen and oxygen atoms in total. The lowest BCUT2D eigenvalue weighted by Gasteiger charge is -2.10. The van der Waals surface area contributed by atoms with Crippen molar-refractivity contribution in [2.24, 2.45) is 5.92 Å². The number of hydrogen-bond donors (Lipinski definition) is 2. The molecule has 0 saturated heterocycles. The van der Waals surface area contributed by atoms with Crippen molar-refractivity contribution >= 4 is 11.8 Å². The fraction of sp³-hybridized carbons (Fsp3) is 0.389. The first kappa shape index (κ1) is 17.0. The normalized spacial score (nSPS) is 14.2. The van der Waals surface area contributed by atoms with Crippen molar-refractivity contribution in [2.45, 2.75) is 32.1 Å². The maximum absolute atomic E-state index is 13.7. The van der Waals surface area contributed by atoms with Crippen molar-refractivity contribution < 1.29 is 9.18 Å². The van der Waals surface area contributed by atoms with Gasteiger partial charge in [0.25, 0.3) is 0 Å². The molecular formula is C18H20FN5O. The van der Waals surface area contributed by atoms with Crippen molar-refractivity contribution in [2.75, 3.05) is 11.9 Å². The maximum atomic E-state index is 13.7. The van der Waals surface area contributed by atoms with Gasteiger partial charge in [0, 0.05) is 18.8 Å². The van der Waals surface area contributed by atoms with Crippen molar-refractivity contribution in [3.63, 3.8) is 0 Å². The Bertz CT molecular complexity index is 789. The van der Waals surface area contributed by atoms with Crippen LogP contribution in [0.2, 0.25) is 0 Å². The van der Waals surface area contributed by atoms with E-state index in [4.69, 9.17) is 5.26 Å². The largest absolute Gasteiger partial charge is 0.338 e. The van der Waals surface area contributed by atoms with E-state index in [0.717, 1.165) is 12.3 Å². The third-order valence-corrected chi connectivity index (χ3v) is 4.49. The van der Waals surface area contributed by atoms with E-state index in [0.29, 0.717) is 18.1 Å². The molecule has 0 bridgehead atoms. The maximum Gasteiger partial charge on any atom is 0.320 e. The van der Waals surface area contributed by atoms with Gasteiger partial charge >= 0.3 is 6.03 Å². The fourth-order valence-corrected chi connectivity index (χ4v) is 3.19. The lowest BCUT2D eigenvalue weighted by molar-refractivity contribution is 0.251. The zero-order valence-electron chi connectivity index (χ0n) is 13.8. The standard InChI is InChI=1S/C18H20FN5O/c19-15-6-3-7-16(14(15)12-20)24-11-9-17(23-24)22-18(25)21-10-8-13-4-1-2-5-13/h3,6-7,9,11,13H,1-2,4-5,8,10H2,(H2,21,22,23,25). The molecule has 0 spiro atoms. The lowest BCUT2D eigenvalue weighted by atomic mass is 10.0. The SMILES string of the molecule is N#Cc1c(F)cccc1-n1ccc(NC(=O)NCCC2CCCC2)n1. The zero-order valence-corrected chi connectivity index (χ0v) is 13.8. The smallest absolute Gasteiger partial charge is 0.320 e. The van der Waals surface area contributed by atoms with E-state index in [2.05, 4.69) is 15.7 Å². The van der Waals surface area contributed by atoms with E-state index in [-0.39, 0.29) is 11.6 Å². The van der Waals surface area contributed by atoms with Gasteiger partial charge in [-0.05, 0) is 24.5 Å². The zero-order chi connectivity index (χ0) is 17.6. The number of anilines is 1. The Balaban J connectivity index is 1.57. The first-order valence-electron chi connectivity index (χ1n) is 8.47. The molecule has 2 amide bonds. The number of benzene rings is 1. The Hall–Kier alpha value is -2.88. The van der Waals surface area contributed by atoms with Gasteiger partial charge in [-0.2, -0.15) is 5.26 Å². The van der Waals surface area contributed by atoms with Crippen LogP contribution < -0.4 is 10.6 Å². The molecule has 1 aromatic heterocycles. The van der Waals surface area contributed by atoms with Crippen LogP contribution in [0.5, 0.6) is 0 Å². The molecular weight excluding hydrogens is 321 g/mol. The van der Waals surface area contributed by atoms with Gasteiger partial charge in [-0.3, -0.25) is 5.32 Å². The van der Waals surface area contributed by atoms with Gasteiger partial charge in [0.1, 0.15) is 17.4 Å². The molecule has 25 heavy (non-hydrogen) atoms. The molecule has 0 radical (unpaired) electrons. The highest BCUT2D eigenvalue weighted by molar-refractivity contribution is 5.88. The number of urea groups is 1. The van der Waals surface area contributed by atoms with E-state index in [1.807, 2.05) is 6.07 Å². The van der Waals surface area contributed by atoms with E-state index in [1.54, 1.807) is 18.3 Å². The van der Waals surface area contributed by atoms with Crippen LogP contribution in [0, 0.1) is 23.1 Å². The van der Waals surface area contributed by atoms with E-state index < -0.39 is 5.82 Å². The molecule has 3 rings (SSSR count). The number of halogens is 1. The molecule has 0 aliphatic heterocycles. The van der Waals surface area contributed by atoms with Gasteiger partial charge in [0.05, 0.1) is 5.69 Å². The minimum absolute atomic E-state index is 0.0850. The molecule has 130 valence electrons. The number of hydrogen-bond acceptors (Lipinski definition) is 3. The number of nitrogens with zero attached hydrogens (tertiary/aromatic N) is 3. The summed E-state index contributed by atoms with van der Waals surface area (Å²) in [5.74, 6) is 0.457. The van der Waals surface area contributed by atoms with E-state index >= 15 is 0 Å². The highest BCUT2D eigenvalue weighted by atomic mass is 19.1. The Kier molecular flexibility index (Phi) is 5.29. The Morgan fingerprint density at radius 2 is 2.16 bits per heavy atom. The molecule has 1 fully saturated rings. The first-order chi connectivity index (χ1) is 12.2. The lowest BCUT2D eigenvalue weighted by Crippen LogP contribution is -2.30. The minimum atomic E-state index is -0.602. The highest BCUT2D eigenvalue weighted by Crippen LogP contribution is 2.26. The van der Waals surface area contributed by atoms with E-state index in [9.17, 15) is 9.18 Å². The second-order valence-corrected chi connectivity index (χ2v) is 6.21. The number of nitriles is 1. The molecule has 1 saturated carbocycles. The second kappa shape index (κ2) is 7.79.